The number of carboxylic acid groups (broad SMARTS) is 1. The maximum atomic E-state index is 13.0. The van der Waals surface area contributed by atoms with Gasteiger partial charge in [-0.25, -0.2) is 0 Å². The lowest BCUT2D eigenvalue weighted by Gasteiger charge is -2.39. The zero-order valence-corrected chi connectivity index (χ0v) is 19.3. The number of carbonyl (C=O) groups excluding carboxylic acids is 1. The van der Waals surface area contributed by atoms with Crippen LogP contribution in [0.3, 0.4) is 0 Å². The number of phenols is 3. The molecule has 14 heteroatoms. The van der Waals surface area contributed by atoms with Gasteiger partial charge in [-0.3, -0.25) is 14.4 Å². The fraction of sp³-hybridized carbons (Fsp3) is 0.292. The lowest BCUT2D eigenvalue weighted by atomic mass is 9.99. The molecule has 1 aliphatic rings. The minimum atomic E-state index is -1.81. The molecule has 4 rings (SSSR count). The molecule has 2 aromatic carbocycles. The Morgan fingerprint density at radius 1 is 0.921 bits per heavy atom. The van der Waals surface area contributed by atoms with E-state index in [2.05, 4.69) is 0 Å². The Balaban J connectivity index is 1.57. The van der Waals surface area contributed by atoms with Gasteiger partial charge in [-0.2, -0.15) is 0 Å². The van der Waals surface area contributed by atoms with Crippen LogP contribution in [-0.2, 0) is 19.1 Å². The minimum absolute atomic E-state index is 0.0276. The van der Waals surface area contributed by atoms with E-state index >= 15 is 0 Å². The van der Waals surface area contributed by atoms with Crippen LogP contribution in [0.5, 0.6) is 23.0 Å². The summed E-state index contributed by atoms with van der Waals surface area (Å²) in [6, 6.07) is 5.86. The number of ether oxygens (including phenoxy) is 3. The van der Waals surface area contributed by atoms with Gasteiger partial charge in [-0.05, 0) is 17.7 Å². The maximum absolute atomic E-state index is 13.0. The van der Waals surface area contributed by atoms with E-state index < -0.39 is 78.3 Å². The van der Waals surface area contributed by atoms with E-state index in [1.165, 1.54) is 18.2 Å². The molecule has 1 aliphatic heterocycles. The molecule has 5 atom stereocenters. The molecule has 1 saturated heterocycles. The Bertz CT molecular complexity index is 1430. The second-order valence-electron chi connectivity index (χ2n) is 8.38. The van der Waals surface area contributed by atoms with Crippen molar-refractivity contribution >= 4 is 22.9 Å². The van der Waals surface area contributed by atoms with Crippen LogP contribution in [0.4, 0.5) is 0 Å². The molecule has 1 fully saturated rings. The first-order valence-corrected chi connectivity index (χ1v) is 11.0. The summed E-state index contributed by atoms with van der Waals surface area (Å²) in [5.74, 6) is -4.18. The van der Waals surface area contributed by atoms with Crippen molar-refractivity contribution in [2.75, 3.05) is 6.61 Å². The number of benzene rings is 2. The zero-order chi connectivity index (χ0) is 27.7. The van der Waals surface area contributed by atoms with Crippen molar-refractivity contribution in [2.24, 2.45) is 0 Å². The molecule has 202 valence electrons. The van der Waals surface area contributed by atoms with E-state index in [1.807, 2.05) is 0 Å². The first-order valence-electron chi connectivity index (χ1n) is 11.0. The van der Waals surface area contributed by atoms with Gasteiger partial charge in [0.25, 0.3) is 0 Å². The second-order valence-corrected chi connectivity index (χ2v) is 8.38. The third-order valence-corrected chi connectivity index (χ3v) is 5.74. The van der Waals surface area contributed by atoms with Crippen molar-refractivity contribution in [3.8, 4) is 34.1 Å². The average Bonchev–Trinajstić information content (AvgIpc) is 2.85. The first-order chi connectivity index (χ1) is 18.0. The summed E-state index contributed by atoms with van der Waals surface area (Å²) in [6.45, 7) is -0.662. The van der Waals surface area contributed by atoms with E-state index in [0.717, 1.165) is 18.4 Å². The van der Waals surface area contributed by atoms with Crippen LogP contribution in [0.25, 0.3) is 22.1 Å². The first kappa shape index (κ1) is 26.7. The number of aliphatic hydroxyl groups excluding tert-OH is 3. The molecular weight excluding hydrogens is 512 g/mol. The highest BCUT2D eigenvalue weighted by molar-refractivity contribution is 5.90. The van der Waals surface area contributed by atoms with E-state index in [9.17, 15) is 45.0 Å². The third kappa shape index (κ3) is 5.33. The molecule has 2 unspecified atom stereocenters. The van der Waals surface area contributed by atoms with Crippen molar-refractivity contribution in [1.29, 1.82) is 0 Å². The van der Waals surface area contributed by atoms with Gasteiger partial charge in [0, 0.05) is 12.1 Å². The number of aliphatic carboxylic acids is 1. The lowest BCUT2D eigenvalue weighted by Crippen LogP contribution is -2.60. The molecule has 0 amide bonds. The Labute approximate surface area is 212 Å². The molecule has 1 aromatic heterocycles. The molecule has 3 aromatic rings. The summed E-state index contributed by atoms with van der Waals surface area (Å²) in [4.78, 5) is 35.1. The van der Waals surface area contributed by atoms with Gasteiger partial charge < -0.3 is 54.4 Å². The van der Waals surface area contributed by atoms with E-state index in [1.54, 1.807) is 0 Å². The number of carboxylic acids is 1. The number of carbonyl (C=O) groups is 2. The fourth-order valence-corrected chi connectivity index (χ4v) is 3.80. The summed E-state index contributed by atoms with van der Waals surface area (Å²) in [5, 5.41) is 68.7. The van der Waals surface area contributed by atoms with Gasteiger partial charge in [0.1, 0.15) is 66.2 Å². The molecule has 0 saturated carbocycles. The Morgan fingerprint density at radius 2 is 1.66 bits per heavy atom. The summed E-state index contributed by atoms with van der Waals surface area (Å²) in [6.07, 6.45) is -8.27. The summed E-state index contributed by atoms with van der Waals surface area (Å²) < 4.78 is 21.1. The summed E-state index contributed by atoms with van der Waals surface area (Å²) >= 11 is 0. The van der Waals surface area contributed by atoms with Gasteiger partial charge in [-0.1, -0.05) is 6.07 Å². The number of fused-ring (bicyclic) bond motifs is 1. The van der Waals surface area contributed by atoms with Crippen LogP contribution in [-0.4, -0.2) is 85.0 Å². The topological polar surface area (TPSA) is 234 Å². The number of hydrogen-bond donors (Lipinski definition) is 7. The molecule has 14 nitrogen and oxygen atoms in total. The van der Waals surface area contributed by atoms with E-state index in [4.69, 9.17) is 23.7 Å². The van der Waals surface area contributed by atoms with Crippen LogP contribution in [0.1, 0.15) is 6.42 Å². The summed E-state index contributed by atoms with van der Waals surface area (Å²) in [5.41, 5.74) is -0.629. The van der Waals surface area contributed by atoms with Gasteiger partial charge >= 0.3 is 11.9 Å². The number of phenolic OH excluding ortho intramolecular Hbond substituents is 3. The fourth-order valence-electron chi connectivity index (χ4n) is 3.80. The Morgan fingerprint density at radius 3 is 2.34 bits per heavy atom. The Kier molecular flexibility index (Phi) is 7.41. The van der Waals surface area contributed by atoms with Crippen molar-refractivity contribution in [3.05, 3.63) is 46.8 Å². The monoisotopic (exact) mass is 534 g/mol. The highest BCUT2D eigenvalue weighted by Crippen LogP contribution is 2.34. The molecule has 2 heterocycles. The standard InChI is InChI=1S/C24H22O14/c25-12-2-1-9(3-13(12)26)11-7-35-15-5-10(4-14(27)19(15)20(11)31)37-24-23(34)22(33)21(32)16(38-24)8-36-18(30)6-17(28)29/h1-5,7,16,21-27,32-34H,6,8H2,(H,28,29)/t16?,21-,22+,23?,24-/m1/s1. The molecule has 0 aliphatic carbocycles. The number of aliphatic hydroxyl groups is 3. The summed E-state index contributed by atoms with van der Waals surface area (Å²) in [7, 11) is 0. The molecule has 38 heavy (non-hydrogen) atoms. The van der Waals surface area contributed by atoms with Crippen LogP contribution in [0, 0.1) is 0 Å². The minimum Gasteiger partial charge on any atom is -0.507 e. The number of esters is 1. The number of aromatic hydroxyl groups is 3. The van der Waals surface area contributed by atoms with Crippen molar-refractivity contribution in [1.82, 2.24) is 0 Å². The predicted octanol–water partition coefficient (Wildman–Crippen LogP) is -0.219. The Hall–Kier alpha value is -4.37. The number of hydrogen-bond acceptors (Lipinski definition) is 13. The van der Waals surface area contributed by atoms with Gasteiger partial charge in [-0.15, -0.1) is 0 Å². The maximum Gasteiger partial charge on any atom is 0.317 e. The number of rotatable bonds is 7. The molecule has 7 N–H and O–H groups in total. The van der Waals surface area contributed by atoms with Crippen molar-refractivity contribution in [3.63, 3.8) is 0 Å². The quantitative estimate of drug-likeness (QED) is 0.118. The molecule has 0 bridgehead atoms. The molecular formula is C24H22O14. The van der Waals surface area contributed by atoms with Crippen LogP contribution in [0.2, 0.25) is 0 Å². The van der Waals surface area contributed by atoms with Gasteiger partial charge in [0.15, 0.2) is 11.5 Å². The van der Waals surface area contributed by atoms with Crippen LogP contribution >= 0.6 is 0 Å². The van der Waals surface area contributed by atoms with Crippen LogP contribution in [0.15, 0.2) is 45.8 Å². The highest BCUT2D eigenvalue weighted by atomic mass is 16.7. The van der Waals surface area contributed by atoms with E-state index in [-0.39, 0.29) is 27.8 Å². The largest absolute Gasteiger partial charge is 0.507 e. The predicted molar refractivity (Wildman–Crippen MR) is 123 cm³/mol. The molecule has 0 radical (unpaired) electrons. The van der Waals surface area contributed by atoms with Gasteiger partial charge in [0.2, 0.25) is 11.7 Å². The lowest BCUT2D eigenvalue weighted by molar-refractivity contribution is -0.278. The SMILES string of the molecule is O=C(O)CC(=O)OCC1O[C@@H](Oc2cc(O)c3c(=O)c(-c4ccc(O)c(O)c4)coc3c2)C(O)[C@@H](O)[C@@H]1O. The molecule has 0 spiro atoms. The average molecular weight is 534 g/mol. The van der Waals surface area contributed by atoms with E-state index in [0.29, 0.717) is 0 Å². The third-order valence-electron chi connectivity index (χ3n) is 5.74. The zero-order valence-electron chi connectivity index (χ0n) is 19.3. The second kappa shape index (κ2) is 10.5. The smallest absolute Gasteiger partial charge is 0.317 e. The van der Waals surface area contributed by atoms with Crippen LogP contribution < -0.4 is 10.2 Å². The van der Waals surface area contributed by atoms with Crippen molar-refractivity contribution in [2.45, 2.75) is 37.1 Å². The highest BCUT2D eigenvalue weighted by Gasteiger charge is 2.45. The normalized spacial score (nSPS) is 23.2. The van der Waals surface area contributed by atoms with Gasteiger partial charge in [0.05, 0.1) is 5.56 Å². The van der Waals surface area contributed by atoms with Crippen molar-refractivity contribution < 1.29 is 64.0 Å².